The molecule has 1 heterocycles. The molecule has 16 heavy (non-hydrogen) atoms. The van der Waals surface area contributed by atoms with E-state index in [1.807, 2.05) is 36.4 Å². The SMILES string of the molecule is [N-]=[N+]=c1cccc2oc3ccccc3cc1-2. The Morgan fingerprint density at radius 3 is 2.75 bits per heavy atom. The Morgan fingerprint density at radius 1 is 1.00 bits per heavy atom. The fraction of sp³-hybridized carbons (Fsp3) is 0. The van der Waals surface area contributed by atoms with E-state index in [1.54, 1.807) is 12.1 Å². The number of nitrogens with zero attached hydrogens (tertiary/aromatic N) is 2. The highest BCUT2D eigenvalue weighted by Crippen LogP contribution is 2.24. The second-order valence-corrected chi connectivity index (χ2v) is 3.57. The van der Waals surface area contributed by atoms with E-state index in [1.165, 1.54) is 0 Å². The molecule has 0 atom stereocenters. The van der Waals surface area contributed by atoms with E-state index >= 15 is 0 Å². The number of fused-ring (bicyclic) bond motifs is 2. The molecule has 1 aromatic carbocycles. The molecule has 0 bridgehead atoms. The molecule has 3 rings (SSSR count). The first kappa shape index (κ1) is 8.89. The van der Waals surface area contributed by atoms with E-state index in [9.17, 15) is 0 Å². The number of rotatable bonds is 0. The van der Waals surface area contributed by atoms with Crippen LogP contribution in [0.1, 0.15) is 0 Å². The van der Waals surface area contributed by atoms with Gasteiger partial charge in [0.2, 0.25) is 0 Å². The summed E-state index contributed by atoms with van der Waals surface area (Å²) in [5.74, 6) is 0.717. The smallest absolute Gasteiger partial charge is 0.326 e. The molecule has 0 unspecified atom stereocenters. The summed E-state index contributed by atoms with van der Waals surface area (Å²) < 4.78 is 5.72. The van der Waals surface area contributed by atoms with Gasteiger partial charge in [0.05, 0.1) is 0 Å². The molecule has 76 valence electrons. The van der Waals surface area contributed by atoms with Crippen LogP contribution in [0.4, 0.5) is 0 Å². The molecule has 1 aliphatic heterocycles. The molecule has 0 saturated heterocycles. The van der Waals surface area contributed by atoms with E-state index in [2.05, 4.69) is 4.79 Å². The Labute approximate surface area is 91.5 Å². The van der Waals surface area contributed by atoms with Gasteiger partial charge in [0.1, 0.15) is 16.9 Å². The van der Waals surface area contributed by atoms with Gasteiger partial charge in [-0.1, -0.05) is 24.3 Å². The molecule has 0 spiro atoms. The minimum atomic E-state index is 0.520. The zero-order valence-electron chi connectivity index (χ0n) is 8.42. The molecule has 0 amide bonds. The predicted molar refractivity (Wildman–Crippen MR) is 59.6 cm³/mol. The van der Waals surface area contributed by atoms with Crippen LogP contribution in [0, 0.1) is 0 Å². The first-order chi connectivity index (χ1) is 7.88. The maximum absolute atomic E-state index is 8.89. The third-order valence-corrected chi connectivity index (χ3v) is 2.59. The lowest BCUT2D eigenvalue weighted by Crippen LogP contribution is -2.06. The van der Waals surface area contributed by atoms with E-state index in [-0.39, 0.29) is 0 Å². The van der Waals surface area contributed by atoms with Gasteiger partial charge in [-0.05, 0) is 18.2 Å². The maximum atomic E-state index is 8.89. The van der Waals surface area contributed by atoms with Gasteiger partial charge in [-0.3, -0.25) is 0 Å². The van der Waals surface area contributed by atoms with Gasteiger partial charge in [0, 0.05) is 11.5 Å². The Bertz CT molecular complexity index is 723. The van der Waals surface area contributed by atoms with Crippen LogP contribution in [0.15, 0.2) is 52.9 Å². The van der Waals surface area contributed by atoms with Crippen molar-refractivity contribution in [2.75, 3.05) is 0 Å². The van der Waals surface area contributed by atoms with Gasteiger partial charge in [-0.25, -0.2) is 0 Å². The number of para-hydroxylation sites is 1. The zero-order chi connectivity index (χ0) is 11.0. The van der Waals surface area contributed by atoms with Gasteiger partial charge >= 0.3 is 5.36 Å². The third-order valence-electron chi connectivity index (χ3n) is 2.59. The molecule has 1 aliphatic carbocycles. The monoisotopic (exact) mass is 208 g/mol. The molecule has 0 radical (unpaired) electrons. The van der Waals surface area contributed by atoms with Crippen LogP contribution in [0.2, 0.25) is 0 Å². The van der Waals surface area contributed by atoms with Crippen LogP contribution < -0.4 is 5.36 Å². The first-order valence-corrected chi connectivity index (χ1v) is 4.98. The van der Waals surface area contributed by atoms with Gasteiger partial charge in [-0.2, -0.15) is 4.79 Å². The van der Waals surface area contributed by atoms with E-state index in [4.69, 9.17) is 9.95 Å². The normalized spacial score (nSPS) is 10.5. The Kier molecular flexibility index (Phi) is 1.85. The topological polar surface area (TPSA) is 49.5 Å². The van der Waals surface area contributed by atoms with E-state index < -0.39 is 0 Å². The predicted octanol–water partition coefficient (Wildman–Crippen LogP) is 2.67. The van der Waals surface area contributed by atoms with Gasteiger partial charge in [0.15, 0.2) is 0 Å². The fourth-order valence-electron chi connectivity index (χ4n) is 1.82. The maximum Gasteiger partial charge on any atom is 0.326 e. The molecule has 3 nitrogen and oxygen atoms in total. The van der Waals surface area contributed by atoms with E-state index in [0.717, 1.165) is 16.5 Å². The molecule has 3 heteroatoms. The summed E-state index contributed by atoms with van der Waals surface area (Å²) in [5.41, 5.74) is 10.5. The van der Waals surface area contributed by atoms with Crippen molar-refractivity contribution >= 4 is 11.0 Å². The third kappa shape index (κ3) is 1.23. The highest BCUT2D eigenvalue weighted by molar-refractivity contribution is 5.82. The lowest BCUT2D eigenvalue weighted by atomic mass is 10.1. The highest BCUT2D eigenvalue weighted by Gasteiger charge is 2.11. The largest absolute Gasteiger partial charge is 0.456 e. The summed E-state index contributed by atoms with van der Waals surface area (Å²) in [6.07, 6.45) is 0. The van der Waals surface area contributed by atoms with Crippen molar-refractivity contribution in [1.82, 2.24) is 0 Å². The van der Waals surface area contributed by atoms with Crippen LogP contribution >= 0.6 is 0 Å². The highest BCUT2D eigenvalue weighted by atomic mass is 16.3. The van der Waals surface area contributed by atoms with Crippen molar-refractivity contribution in [3.8, 4) is 11.3 Å². The molecule has 0 saturated carbocycles. The summed E-state index contributed by atoms with van der Waals surface area (Å²) in [5, 5.41) is 1.51. The van der Waals surface area contributed by atoms with Crippen molar-refractivity contribution in [3.63, 3.8) is 0 Å². The van der Waals surface area contributed by atoms with Crippen molar-refractivity contribution in [2.24, 2.45) is 0 Å². The number of hydrogen-bond acceptors (Lipinski definition) is 1. The minimum Gasteiger partial charge on any atom is -0.456 e. The quantitative estimate of drug-likeness (QED) is 0.318. The second-order valence-electron chi connectivity index (χ2n) is 3.57. The Balaban J connectivity index is 2.57. The Hall–Kier alpha value is -2.38. The summed E-state index contributed by atoms with van der Waals surface area (Å²) in [4.78, 5) is 3.25. The minimum absolute atomic E-state index is 0.520. The van der Waals surface area contributed by atoms with E-state index in [0.29, 0.717) is 11.1 Å². The molecule has 0 N–H and O–H groups in total. The average Bonchev–Trinajstić information content (AvgIpc) is 2.35. The summed E-state index contributed by atoms with van der Waals surface area (Å²) in [7, 11) is 0. The molecule has 0 fully saturated rings. The van der Waals surface area contributed by atoms with Crippen molar-refractivity contribution in [1.29, 1.82) is 0 Å². The summed E-state index contributed by atoms with van der Waals surface area (Å²) in [6.45, 7) is 0. The van der Waals surface area contributed by atoms with Crippen LogP contribution in [0.5, 0.6) is 0 Å². The second kappa shape index (κ2) is 3.33. The lowest BCUT2D eigenvalue weighted by molar-refractivity contribution is -0.0643. The standard InChI is InChI=1S/C13H8N2O/c14-15-11-5-3-7-13-10(11)8-9-4-1-2-6-12(9)16-13/h1-8H. The lowest BCUT2D eigenvalue weighted by Gasteiger charge is -2.03. The van der Waals surface area contributed by atoms with Crippen molar-refractivity contribution < 1.29 is 9.21 Å². The fourth-order valence-corrected chi connectivity index (χ4v) is 1.82. The Morgan fingerprint density at radius 2 is 1.88 bits per heavy atom. The van der Waals surface area contributed by atoms with Crippen LogP contribution in [0.3, 0.4) is 0 Å². The van der Waals surface area contributed by atoms with Gasteiger partial charge < -0.3 is 9.95 Å². The first-order valence-electron chi connectivity index (χ1n) is 4.98. The summed E-state index contributed by atoms with van der Waals surface area (Å²) in [6, 6.07) is 15.1. The number of benzene rings is 2. The summed E-state index contributed by atoms with van der Waals surface area (Å²) >= 11 is 0. The van der Waals surface area contributed by atoms with Gasteiger partial charge in [0.25, 0.3) is 0 Å². The van der Waals surface area contributed by atoms with Crippen LogP contribution in [0.25, 0.3) is 27.8 Å². The molecular formula is C13H8N2O. The molecular weight excluding hydrogens is 200 g/mol. The van der Waals surface area contributed by atoms with Crippen molar-refractivity contribution in [3.05, 3.63) is 59.4 Å². The molecule has 0 aromatic heterocycles. The van der Waals surface area contributed by atoms with Crippen LogP contribution in [-0.2, 0) is 0 Å². The average molecular weight is 208 g/mol. The van der Waals surface area contributed by atoms with Crippen LogP contribution in [-0.4, -0.2) is 4.79 Å². The zero-order valence-corrected chi connectivity index (χ0v) is 8.42. The van der Waals surface area contributed by atoms with Crippen molar-refractivity contribution in [2.45, 2.75) is 0 Å². The number of hydrogen-bond donors (Lipinski definition) is 0. The molecule has 2 aliphatic rings. The molecule has 1 aromatic rings. The van der Waals surface area contributed by atoms with Gasteiger partial charge in [-0.15, -0.1) is 0 Å².